The molecule has 0 aliphatic carbocycles. The van der Waals surface area contributed by atoms with Gasteiger partial charge >= 0.3 is 5.97 Å². The minimum Gasteiger partial charge on any atom is -0.486 e. The van der Waals surface area contributed by atoms with Crippen LogP contribution in [0.5, 0.6) is 5.75 Å². The molecule has 1 fully saturated rings. The summed E-state index contributed by atoms with van der Waals surface area (Å²) in [6, 6.07) is 11.1. The summed E-state index contributed by atoms with van der Waals surface area (Å²) in [5.74, 6) is -1.10. The number of benzene rings is 2. The van der Waals surface area contributed by atoms with Crippen molar-refractivity contribution in [2.45, 2.75) is 38.5 Å². The number of nitrogens with zero attached hydrogens (tertiary/aromatic N) is 3. The third-order valence-electron chi connectivity index (χ3n) is 6.42. The molecule has 10 heteroatoms. The van der Waals surface area contributed by atoms with Crippen LogP contribution in [0, 0.1) is 0 Å². The van der Waals surface area contributed by atoms with Gasteiger partial charge in [0.1, 0.15) is 17.7 Å². The van der Waals surface area contributed by atoms with Gasteiger partial charge in [0.15, 0.2) is 6.23 Å². The van der Waals surface area contributed by atoms with Crippen LogP contribution in [0.1, 0.15) is 65.7 Å². The van der Waals surface area contributed by atoms with Crippen LogP contribution in [0.15, 0.2) is 54.9 Å². The van der Waals surface area contributed by atoms with E-state index in [1.807, 2.05) is 19.1 Å². The highest BCUT2D eigenvalue weighted by Crippen LogP contribution is 2.36. The van der Waals surface area contributed by atoms with E-state index in [1.54, 1.807) is 10.7 Å². The molecule has 1 saturated heterocycles. The number of hydrogen-bond donors (Lipinski definition) is 1. The number of pyridine rings is 1. The van der Waals surface area contributed by atoms with Crippen LogP contribution in [0.3, 0.4) is 0 Å². The van der Waals surface area contributed by atoms with E-state index in [2.05, 4.69) is 4.98 Å². The summed E-state index contributed by atoms with van der Waals surface area (Å²) >= 11 is 12.6. The second kappa shape index (κ2) is 11.1. The number of hydrogen-bond acceptors (Lipinski definition) is 5. The molecule has 0 saturated carbocycles. The summed E-state index contributed by atoms with van der Waals surface area (Å²) in [6.45, 7) is 2.46. The van der Waals surface area contributed by atoms with E-state index in [1.165, 1.54) is 42.7 Å². The van der Waals surface area contributed by atoms with E-state index < -0.39 is 17.9 Å². The van der Waals surface area contributed by atoms with Crippen LogP contribution in [0.4, 0.5) is 4.39 Å². The Balaban J connectivity index is 1.54. The molecule has 0 radical (unpaired) electrons. The number of ether oxygens (including phenoxy) is 2. The molecule has 3 heterocycles. The van der Waals surface area contributed by atoms with Gasteiger partial charge in [0.2, 0.25) is 0 Å². The van der Waals surface area contributed by atoms with Crippen molar-refractivity contribution in [3.63, 3.8) is 0 Å². The lowest BCUT2D eigenvalue weighted by molar-refractivity contribution is -0.0367. The zero-order chi connectivity index (χ0) is 26.8. The summed E-state index contributed by atoms with van der Waals surface area (Å²) in [5.41, 5.74) is 2.11. The Bertz CT molecular complexity index is 1490. The van der Waals surface area contributed by atoms with Gasteiger partial charge in [-0.05, 0) is 56.5 Å². The molecule has 196 valence electrons. The van der Waals surface area contributed by atoms with Crippen LogP contribution in [-0.4, -0.2) is 32.4 Å². The van der Waals surface area contributed by atoms with Gasteiger partial charge in [-0.3, -0.25) is 4.98 Å². The molecule has 2 atom stereocenters. The first kappa shape index (κ1) is 26.2. The molecule has 2 aromatic heterocycles. The number of carbonyl (C=O) groups is 1. The smallest absolute Gasteiger partial charge is 0.335 e. The zero-order valence-corrected chi connectivity index (χ0v) is 21.9. The van der Waals surface area contributed by atoms with Gasteiger partial charge in [0.25, 0.3) is 0 Å². The molecule has 0 bridgehead atoms. The molecular weight excluding hydrogens is 532 g/mol. The van der Waals surface area contributed by atoms with E-state index in [4.69, 9.17) is 42.9 Å². The Labute approximate surface area is 228 Å². The Kier molecular flexibility index (Phi) is 7.65. The molecular formula is C28H24Cl2FN3O4. The molecule has 1 unspecified atom stereocenters. The van der Waals surface area contributed by atoms with Crippen molar-refractivity contribution in [3.8, 4) is 5.75 Å². The lowest BCUT2D eigenvalue weighted by Crippen LogP contribution is -2.19. The average Bonchev–Trinajstić information content (AvgIpc) is 3.26. The van der Waals surface area contributed by atoms with Crippen LogP contribution in [-0.2, 0) is 4.74 Å². The number of aromatic nitrogens is 3. The van der Waals surface area contributed by atoms with Crippen LogP contribution in [0.25, 0.3) is 22.8 Å². The molecule has 4 aromatic rings. The van der Waals surface area contributed by atoms with E-state index in [9.17, 15) is 4.79 Å². The normalized spacial score (nSPS) is 16.9. The molecule has 5 rings (SSSR count). The molecule has 1 N–H and O–H groups in total. The first-order valence-electron chi connectivity index (χ1n) is 12.1. The largest absolute Gasteiger partial charge is 0.486 e. The van der Waals surface area contributed by atoms with Crippen molar-refractivity contribution in [1.82, 2.24) is 14.8 Å². The van der Waals surface area contributed by atoms with Crippen LogP contribution in [0.2, 0.25) is 10.0 Å². The molecule has 1 aliphatic heterocycles. The highest BCUT2D eigenvalue weighted by atomic mass is 35.5. The summed E-state index contributed by atoms with van der Waals surface area (Å²) in [6.07, 6.45) is 6.41. The van der Waals surface area contributed by atoms with E-state index in [0.29, 0.717) is 39.0 Å². The standard InChI is InChI=1S/C28H24Cl2FN3O4/c1-16(27-21(29)14-32-15-22(27)30)38-19-9-10-25-20(12-19)24(33-34(25)26-4-2-3-11-37-26)13-23(31)17-5-7-18(8-6-17)28(35)36/h5-10,12-16,26H,2-4,11H2,1H3,(H,35,36)/b23-13-/t16-,26?/m1/s1. The molecule has 1 aliphatic rings. The second-order valence-electron chi connectivity index (χ2n) is 8.98. The fourth-order valence-electron chi connectivity index (χ4n) is 4.51. The van der Waals surface area contributed by atoms with Crippen LogP contribution >= 0.6 is 23.2 Å². The lowest BCUT2D eigenvalue weighted by Gasteiger charge is -2.23. The quantitative estimate of drug-likeness (QED) is 0.251. The molecule has 2 aromatic carbocycles. The molecule has 38 heavy (non-hydrogen) atoms. The van der Waals surface area contributed by atoms with E-state index in [-0.39, 0.29) is 17.4 Å². The molecule has 7 nitrogen and oxygen atoms in total. The zero-order valence-electron chi connectivity index (χ0n) is 20.4. The maximum absolute atomic E-state index is 15.3. The third-order valence-corrected chi connectivity index (χ3v) is 7.02. The van der Waals surface area contributed by atoms with Crippen molar-refractivity contribution < 1.29 is 23.8 Å². The highest BCUT2D eigenvalue weighted by Gasteiger charge is 2.22. The predicted molar refractivity (Wildman–Crippen MR) is 144 cm³/mol. The monoisotopic (exact) mass is 555 g/mol. The Morgan fingerprint density at radius 3 is 2.53 bits per heavy atom. The number of halogens is 3. The SMILES string of the molecule is C[C@@H](Oc1ccc2c(c1)c(/C=C(\F)c1ccc(C(=O)O)cc1)nn2C1CCCCO1)c1c(Cl)cncc1Cl. The number of carboxylic acid groups (broad SMARTS) is 1. The average molecular weight is 556 g/mol. The predicted octanol–water partition coefficient (Wildman–Crippen LogP) is 7.74. The van der Waals surface area contributed by atoms with Gasteiger partial charge in [-0.25, -0.2) is 13.9 Å². The third kappa shape index (κ3) is 5.38. The fraction of sp³-hybridized carbons (Fsp3) is 0.250. The summed E-state index contributed by atoms with van der Waals surface area (Å²) < 4.78 is 29.2. The minimum absolute atomic E-state index is 0.0797. The first-order chi connectivity index (χ1) is 18.3. The van der Waals surface area contributed by atoms with Gasteiger partial charge in [0.05, 0.1) is 26.8 Å². The van der Waals surface area contributed by atoms with Crippen molar-refractivity contribution >= 4 is 52.0 Å². The van der Waals surface area contributed by atoms with E-state index in [0.717, 1.165) is 24.8 Å². The summed E-state index contributed by atoms with van der Waals surface area (Å²) in [5, 5.41) is 15.3. The Morgan fingerprint density at radius 2 is 1.87 bits per heavy atom. The summed E-state index contributed by atoms with van der Waals surface area (Å²) in [7, 11) is 0. The molecule has 0 spiro atoms. The maximum atomic E-state index is 15.3. The summed E-state index contributed by atoms with van der Waals surface area (Å²) in [4.78, 5) is 15.1. The second-order valence-corrected chi connectivity index (χ2v) is 9.80. The van der Waals surface area contributed by atoms with Crippen LogP contribution < -0.4 is 4.74 Å². The number of fused-ring (bicyclic) bond motifs is 1. The maximum Gasteiger partial charge on any atom is 0.335 e. The number of rotatable bonds is 7. The highest BCUT2D eigenvalue weighted by molar-refractivity contribution is 6.35. The number of aromatic carboxylic acids is 1. The molecule has 0 amide bonds. The van der Waals surface area contributed by atoms with Crippen molar-refractivity contribution in [2.75, 3.05) is 6.61 Å². The van der Waals surface area contributed by atoms with Gasteiger partial charge < -0.3 is 14.6 Å². The van der Waals surface area contributed by atoms with Gasteiger partial charge in [0, 0.05) is 41.6 Å². The number of carboxylic acids is 1. The Morgan fingerprint density at radius 1 is 1.16 bits per heavy atom. The lowest BCUT2D eigenvalue weighted by atomic mass is 10.1. The van der Waals surface area contributed by atoms with Crippen molar-refractivity contribution in [1.29, 1.82) is 0 Å². The Hall–Kier alpha value is -3.46. The van der Waals surface area contributed by atoms with Crippen molar-refractivity contribution in [3.05, 3.63) is 87.3 Å². The van der Waals surface area contributed by atoms with Gasteiger partial charge in [-0.15, -0.1) is 0 Å². The van der Waals surface area contributed by atoms with Gasteiger partial charge in [-0.1, -0.05) is 35.3 Å². The fourth-order valence-corrected chi connectivity index (χ4v) is 5.18. The van der Waals surface area contributed by atoms with Gasteiger partial charge in [-0.2, -0.15) is 5.10 Å². The van der Waals surface area contributed by atoms with Crippen molar-refractivity contribution in [2.24, 2.45) is 0 Å². The van der Waals surface area contributed by atoms with E-state index >= 15 is 4.39 Å². The minimum atomic E-state index is -1.07. The first-order valence-corrected chi connectivity index (χ1v) is 12.9. The topological polar surface area (TPSA) is 86.5 Å².